The fourth-order valence-electron chi connectivity index (χ4n) is 4.95. The van der Waals surface area contributed by atoms with Gasteiger partial charge in [-0.1, -0.05) is 45.9 Å². The van der Waals surface area contributed by atoms with Crippen LogP contribution in [0.25, 0.3) is 0 Å². The lowest BCUT2D eigenvalue weighted by atomic mass is 9.65. The lowest BCUT2D eigenvalue weighted by Crippen LogP contribution is -2.37. The lowest BCUT2D eigenvalue weighted by molar-refractivity contribution is -0.132. The second-order valence-electron chi connectivity index (χ2n) is 10.2. The number of benzene rings is 1. The topological polar surface area (TPSA) is 69.7 Å². The van der Waals surface area contributed by atoms with Gasteiger partial charge in [0.2, 0.25) is 0 Å². The van der Waals surface area contributed by atoms with Crippen molar-refractivity contribution in [3.63, 3.8) is 0 Å². The van der Waals surface area contributed by atoms with Crippen LogP contribution in [-0.4, -0.2) is 17.5 Å². The van der Waals surface area contributed by atoms with Gasteiger partial charge in [-0.25, -0.2) is 0 Å². The van der Waals surface area contributed by atoms with Crippen LogP contribution in [0.5, 0.6) is 5.75 Å². The number of ketones is 2. The summed E-state index contributed by atoms with van der Waals surface area (Å²) in [6.07, 6.45) is 2.05. The van der Waals surface area contributed by atoms with Crippen molar-refractivity contribution in [2.75, 3.05) is 0 Å². The zero-order valence-corrected chi connectivity index (χ0v) is 18.3. The Morgan fingerprint density at radius 1 is 0.900 bits per heavy atom. The van der Waals surface area contributed by atoms with Crippen LogP contribution in [0.3, 0.4) is 0 Å². The highest BCUT2D eigenvalue weighted by atomic mass is 16.5. The smallest absolute Gasteiger partial charge is 0.308 e. The molecule has 0 radical (unpaired) electrons. The van der Waals surface area contributed by atoms with Crippen molar-refractivity contribution in [3.05, 3.63) is 52.5 Å². The maximum absolute atomic E-state index is 13.3. The molecule has 0 unspecified atom stereocenters. The van der Waals surface area contributed by atoms with Crippen LogP contribution < -0.4 is 4.74 Å². The average molecular weight is 408 g/mol. The van der Waals surface area contributed by atoms with Crippen molar-refractivity contribution in [1.29, 1.82) is 0 Å². The van der Waals surface area contributed by atoms with Crippen LogP contribution in [0.1, 0.15) is 71.8 Å². The Morgan fingerprint density at radius 3 is 1.90 bits per heavy atom. The Bertz CT molecular complexity index is 970. The third-order valence-corrected chi connectivity index (χ3v) is 6.07. The normalized spacial score (nSPS) is 23.0. The number of ether oxygens (including phenoxy) is 2. The van der Waals surface area contributed by atoms with Gasteiger partial charge in [0, 0.05) is 49.3 Å². The minimum absolute atomic E-state index is 0.00642. The summed E-state index contributed by atoms with van der Waals surface area (Å²) in [7, 11) is 0. The van der Waals surface area contributed by atoms with E-state index >= 15 is 0 Å². The van der Waals surface area contributed by atoms with E-state index in [0.717, 1.165) is 0 Å². The summed E-state index contributed by atoms with van der Waals surface area (Å²) in [5.41, 5.74) is 1.34. The summed E-state index contributed by atoms with van der Waals surface area (Å²) in [5.74, 6) is 0.676. The molecule has 2 aliphatic carbocycles. The molecule has 3 aliphatic rings. The molecule has 0 amide bonds. The zero-order chi connectivity index (χ0) is 21.8. The summed E-state index contributed by atoms with van der Waals surface area (Å²) < 4.78 is 11.8. The van der Waals surface area contributed by atoms with Gasteiger partial charge >= 0.3 is 5.97 Å². The summed E-state index contributed by atoms with van der Waals surface area (Å²) in [6.45, 7) is 9.57. The molecule has 0 saturated carbocycles. The number of carbonyl (C=O) groups excluding carboxylic acids is 3. The highest BCUT2D eigenvalue weighted by Gasteiger charge is 2.48. The highest BCUT2D eigenvalue weighted by Crippen LogP contribution is 2.54. The molecule has 0 aromatic heterocycles. The third-order valence-electron chi connectivity index (χ3n) is 6.07. The van der Waals surface area contributed by atoms with Crippen molar-refractivity contribution >= 4 is 17.5 Å². The minimum Gasteiger partial charge on any atom is -0.465 e. The number of allylic oxidation sites excluding steroid dienone is 4. The summed E-state index contributed by atoms with van der Waals surface area (Å²) >= 11 is 0. The molecule has 5 nitrogen and oxygen atoms in total. The van der Waals surface area contributed by atoms with Gasteiger partial charge in [-0.2, -0.15) is 0 Å². The van der Waals surface area contributed by atoms with E-state index in [1.807, 2.05) is 12.1 Å². The first-order chi connectivity index (χ1) is 14.0. The van der Waals surface area contributed by atoms with Crippen molar-refractivity contribution < 1.29 is 23.9 Å². The molecule has 4 rings (SSSR count). The summed E-state index contributed by atoms with van der Waals surface area (Å²) in [4.78, 5) is 38.3. The lowest BCUT2D eigenvalue weighted by Gasteiger charge is -2.42. The molecule has 158 valence electrons. The van der Waals surface area contributed by atoms with Crippen LogP contribution in [0.2, 0.25) is 0 Å². The third kappa shape index (κ3) is 3.62. The average Bonchev–Trinajstić information content (AvgIpc) is 2.57. The van der Waals surface area contributed by atoms with Gasteiger partial charge in [0.25, 0.3) is 0 Å². The Morgan fingerprint density at radius 2 is 1.40 bits per heavy atom. The molecule has 0 fully saturated rings. The van der Waals surface area contributed by atoms with Crippen LogP contribution >= 0.6 is 0 Å². The zero-order valence-electron chi connectivity index (χ0n) is 18.3. The van der Waals surface area contributed by atoms with Crippen molar-refractivity contribution in [2.45, 2.75) is 66.2 Å². The molecule has 0 atom stereocenters. The standard InChI is InChI=1S/C25H28O5/c1-14(26)29-18-9-7-6-8-15(18)21-22-16(27)10-24(2,3)12-19(22)30-20-13-25(4,5)11-17(28)23(20)21/h6-9,21H,10-13H2,1-5H3. The van der Waals surface area contributed by atoms with E-state index in [4.69, 9.17) is 9.47 Å². The number of rotatable bonds is 2. The number of esters is 1. The predicted molar refractivity (Wildman–Crippen MR) is 112 cm³/mol. The number of para-hydroxylation sites is 1. The molecule has 1 aromatic carbocycles. The molecule has 0 N–H and O–H groups in total. The van der Waals surface area contributed by atoms with E-state index in [0.29, 0.717) is 59.7 Å². The first kappa shape index (κ1) is 20.6. The van der Waals surface area contributed by atoms with Crippen LogP contribution in [0.15, 0.2) is 46.9 Å². The molecule has 5 heteroatoms. The van der Waals surface area contributed by atoms with Crippen molar-refractivity contribution in [3.8, 4) is 5.75 Å². The molecule has 1 heterocycles. The molecular formula is C25H28O5. The van der Waals surface area contributed by atoms with Crippen LogP contribution in [0, 0.1) is 10.8 Å². The van der Waals surface area contributed by atoms with Crippen molar-refractivity contribution in [2.24, 2.45) is 10.8 Å². The van der Waals surface area contributed by atoms with Gasteiger partial charge in [-0.15, -0.1) is 0 Å². The van der Waals surface area contributed by atoms with Crippen LogP contribution in [-0.2, 0) is 19.1 Å². The Hall–Kier alpha value is -2.69. The number of Topliss-reactive ketones (excluding diaryl/α,β-unsaturated/α-hetero) is 2. The molecule has 1 aliphatic heterocycles. The van der Waals surface area contributed by atoms with Gasteiger partial charge < -0.3 is 9.47 Å². The predicted octanol–water partition coefficient (Wildman–Crippen LogP) is 5.01. The van der Waals surface area contributed by atoms with E-state index in [2.05, 4.69) is 27.7 Å². The number of hydrogen-bond acceptors (Lipinski definition) is 5. The van der Waals surface area contributed by atoms with Crippen LogP contribution in [0.4, 0.5) is 0 Å². The Kier molecular flexibility index (Phi) is 4.75. The molecule has 0 spiro atoms. The maximum Gasteiger partial charge on any atom is 0.308 e. The summed E-state index contributed by atoms with van der Waals surface area (Å²) in [6, 6.07) is 7.17. The van der Waals surface area contributed by atoms with E-state index < -0.39 is 11.9 Å². The van der Waals surface area contributed by atoms with E-state index in [9.17, 15) is 14.4 Å². The van der Waals surface area contributed by atoms with Crippen molar-refractivity contribution in [1.82, 2.24) is 0 Å². The molecule has 0 saturated heterocycles. The fourth-order valence-corrected chi connectivity index (χ4v) is 4.95. The summed E-state index contributed by atoms with van der Waals surface area (Å²) in [5, 5.41) is 0. The second kappa shape index (κ2) is 6.93. The SMILES string of the molecule is CC(=O)Oc1ccccc1C1C2=C(CC(C)(C)CC2=O)OC2=C1C(=O)CC(C)(C)C2. The van der Waals surface area contributed by atoms with Gasteiger partial charge in [0.05, 0.1) is 5.92 Å². The van der Waals surface area contributed by atoms with Gasteiger partial charge in [-0.3, -0.25) is 14.4 Å². The first-order valence-corrected chi connectivity index (χ1v) is 10.5. The van der Waals surface area contributed by atoms with E-state index in [1.165, 1.54) is 6.92 Å². The molecule has 0 bridgehead atoms. The highest BCUT2D eigenvalue weighted by molar-refractivity contribution is 6.06. The number of hydrogen-bond donors (Lipinski definition) is 0. The maximum atomic E-state index is 13.3. The molecular weight excluding hydrogens is 380 g/mol. The first-order valence-electron chi connectivity index (χ1n) is 10.5. The quantitative estimate of drug-likeness (QED) is 0.508. The van der Waals surface area contributed by atoms with Gasteiger partial charge in [0.15, 0.2) is 11.6 Å². The molecule has 1 aromatic rings. The van der Waals surface area contributed by atoms with Gasteiger partial charge in [0.1, 0.15) is 17.3 Å². The largest absolute Gasteiger partial charge is 0.465 e. The second-order valence-corrected chi connectivity index (χ2v) is 10.2. The van der Waals surface area contributed by atoms with E-state index in [-0.39, 0.29) is 22.4 Å². The Balaban J connectivity index is 1.94. The van der Waals surface area contributed by atoms with Gasteiger partial charge in [-0.05, 0) is 16.9 Å². The monoisotopic (exact) mass is 408 g/mol. The fraction of sp³-hybridized carbons (Fsp3) is 0.480. The van der Waals surface area contributed by atoms with E-state index in [1.54, 1.807) is 12.1 Å². The Labute approximate surface area is 177 Å². The number of carbonyl (C=O) groups is 3. The minimum atomic E-state index is -0.563. The molecule has 30 heavy (non-hydrogen) atoms.